The Morgan fingerprint density at radius 2 is 2.15 bits per heavy atom. The molecule has 0 saturated heterocycles. The van der Waals surface area contributed by atoms with Crippen LogP contribution in [0.3, 0.4) is 0 Å². The third-order valence-corrected chi connectivity index (χ3v) is 3.59. The van der Waals surface area contributed by atoms with Gasteiger partial charge in [0.2, 0.25) is 0 Å². The van der Waals surface area contributed by atoms with E-state index >= 15 is 0 Å². The Labute approximate surface area is 83.5 Å². The maximum absolute atomic E-state index is 8.88. The first-order valence-corrected chi connectivity index (χ1v) is 5.33. The van der Waals surface area contributed by atoms with Crippen molar-refractivity contribution in [3.05, 3.63) is 23.7 Å². The Bertz CT molecular complexity index is 385. The van der Waals surface area contributed by atoms with Gasteiger partial charge in [0.25, 0.3) is 0 Å². The predicted molar refractivity (Wildman–Crippen MR) is 55.3 cm³/mol. The van der Waals surface area contributed by atoms with Crippen molar-refractivity contribution in [1.29, 1.82) is 0 Å². The molecular formula is C7H6BNO2S2. The molecule has 0 aliphatic rings. The van der Waals surface area contributed by atoms with Crippen molar-refractivity contribution in [2.75, 3.05) is 0 Å². The van der Waals surface area contributed by atoms with Crippen LogP contribution in [0, 0.1) is 0 Å². The van der Waals surface area contributed by atoms with Crippen LogP contribution in [0.15, 0.2) is 23.7 Å². The largest absolute Gasteiger partial charge is 0.499 e. The molecule has 0 saturated carbocycles. The number of hydrogen-bond donors (Lipinski definition) is 2. The van der Waals surface area contributed by atoms with Gasteiger partial charge in [-0.3, -0.25) is 0 Å². The second kappa shape index (κ2) is 3.59. The molecule has 3 nitrogen and oxygen atoms in total. The molecule has 0 bridgehead atoms. The van der Waals surface area contributed by atoms with Gasteiger partial charge in [-0.2, -0.15) is 0 Å². The summed E-state index contributed by atoms with van der Waals surface area (Å²) in [5.74, 6) is 0. The first kappa shape index (κ1) is 8.89. The summed E-state index contributed by atoms with van der Waals surface area (Å²) in [6.45, 7) is 0. The molecule has 0 unspecified atom stereocenters. The molecule has 0 amide bonds. The van der Waals surface area contributed by atoms with Crippen LogP contribution in [-0.4, -0.2) is 22.2 Å². The lowest BCUT2D eigenvalue weighted by molar-refractivity contribution is 0.427. The van der Waals surface area contributed by atoms with Crippen LogP contribution in [0.4, 0.5) is 0 Å². The number of nitrogens with zero attached hydrogens (tertiary/aromatic N) is 1. The fourth-order valence-corrected chi connectivity index (χ4v) is 2.55. The Morgan fingerprint density at radius 1 is 1.31 bits per heavy atom. The first-order chi connectivity index (χ1) is 6.27. The fourth-order valence-electron chi connectivity index (χ4n) is 0.952. The predicted octanol–water partition coefficient (Wildman–Crippen LogP) is 0.551. The molecule has 0 aliphatic heterocycles. The first-order valence-electron chi connectivity index (χ1n) is 3.63. The molecule has 2 N–H and O–H groups in total. The molecule has 2 aromatic rings. The average molecular weight is 211 g/mol. The standard InChI is InChI=1S/C7H6BNO2S2/c10-8(11)6-2-1-5(13-6)7-9-3-4-12-7/h1-4,10-11H. The van der Waals surface area contributed by atoms with E-state index in [4.69, 9.17) is 10.0 Å². The summed E-state index contributed by atoms with van der Waals surface area (Å²) in [5, 5.41) is 20.6. The zero-order chi connectivity index (χ0) is 9.26. The highest BCUT2D eigenvalue weighted by molar-refractivity contribution is 7.27. The quantitative estimate of drug-likeness (QED) is 0.713. The smallest absolute Gasteiger partial charge is 0.423 e. The molecule has 0 fully saturated rings. The van der Waals surface area contributed by atoms with Crippen LogP contribution in [0.5, 0.6) is 0 Å². The highest BCUT2D eigenvalue weighted by Crippen LogP contribution is 2.25. The Balaban J connectivity index is 2.33. The van der Waals surface area contributed by atoms with Crippen molar-refractivity contribution in [3.63, 3.8) is 0 Å². The van der Waals surface area contributed by atoms with E-state index in [1.165, 1.54) is 22.7 Å². The van der Waals surface area contributed by atoms with Gasteiger partial charge in [0.1, 0.15) is 5.01 Å². The average Bonchev–Trinajstić information content (AvgIpc) is 2.75. The van der Waals surface area contributed by atoms with Gasteiger partial charge in [-0.25, -0.2) is 4.98 Å². The summed E-state index contributed by atoms with van der Waals surface area (Å²) in [7, 11) is -1.38. The second-order valence-corrected chi connectivity index (χ2v) is 4.42. The van der Waals surface area contributed by atoms with Crippen molar-refractivity contribution in [1.82, 2.24) is 4.98 Å². The van der Waals surface area contributed by atoms with Gasteiger partial charge in [-0.1, -0.05) is 6.07 Å². The van der Waals surface area contributed by atoms with E-state index in [1.54, 1.807) is 12.3 Å². The summed E-state index contributed by atoms with van der Waals surface area (Å²) in [6.07, 6.45) is 1.73. The van der Waals surface area contributed by atoms with E-state index in [1.807, 2.05) is 11.4 Å². The third-order valence-electron chi connectivity index (χ3n) is 1.52. The second-order valence-electron chi connectivity index (χ2n) is 2.41. The molecule has 0 spiro atoms. The van der Waals surface area contributed by atoms with Crippen molar-refractivity contribution < 1.29 is 10.0 Å². The van der Waals surface area contributed by atoms with Gasteiger partial charge in [0.05, 0.1) is 4.88 Å². The Hall–Kier alpha value is -0.685. The van der Waals surface area contributed by atoms with Crippen LogP contribution in [-0.2, 0) is 0 Å². The van der Waals surface area contributed by atoms with E-state index in [0.717, 1.165) is 9.88 Å². The van der Waals surface area contributed by atoms with Crippen molar-refractivity contribution in [3.8, 4) is 9.88 Å². The van der Waals surface area contributed by atoms with Gasteiger partial charge in [0.15, 0.2) is 0 Å². The summed E-state index contributed by atoms with van der Waals surface area (Å²) < 4.78 is 0.546. The number of hydrogen-bond acceptors (Lipinski definition) is 5. The zero-order valence-electron chi connectivity index (χ0n) is 6.54. The van der Waals surface area contributed by atoms with E-state index in [2.05, 4.69) is 4.98 Å². The molecule has 2 rings (SSSR count). The maximum Gasteiger partial charge on any atom is 0.499 e. The minimum atomic E-state index is -1.38. The van der Waals surface area contributed by atoms with Crippen LogP contribution < -0.4 is 4.78 Å². The zero-order valence-corrected chi connectivity index (χ0v) is 8.18. The minimum absolute atomic E-state index is 0.546. The molecule has 0 aliphatic carbocycles. The highest BCUT2D eigenvalue weighted by atomic mass is 32.1. The molecule has 2 aromatic heterocycles. The lowest BCUT2D eigenvalue weighted by Gasteiger charge is -1.89. The molecule has 0 atom stereocenters. The summed E-state index contributed by atoms with van der Waals surface area (Å²) in [6, 6.07) is 3.55. The number of rotatable bonds is 2. The maximum atomic E-state index is 8.88. The molecule has 0 aromatic carbocycles. The molecule has 2 heterocycles. The normalized spacial score (nSPS) is 10.3. The molecule has 66 valence electrons. The molecule has 0 radical (unpaired) electrons. The van der Waals surface area contributed by atoms with Crippen LogP contribution in [0.2, 0.25) is 0 Å². The van der Waals surface area contributed by atoms with Crippen molar-refractivity contribution >= 4 is 34.6 Å². The SMILES string of the molecule is OB(O)c1ccc(-c2nccs2)s1. The third kappa shape index (κ3) is 1.81. The fraction of sp³-hybridized carbons (Fsp3) is 0. The minimum Gasteiger partial charge on any atom is -0.423 e. The number of thiazole rings is 1. The topological polar surface area (TPSA) is 53.4 Å². The number of thiophene rings is 1. The molecule has 6 heteroatoms. The van der Waals surface area contributed by atoms with E-state index in [9.17, 15) is 0 Å². The van der Waals surface area contributed by atoms with E-state index < -0.39 is 7.12 Å². The number of aromatic nitrogens is 1. The van der Waals surface area contributed by atoms with E-state index in [0.29, 0.717) is 4.78 Å². The van der Waals surface area contributed by atoms with Crippen molar-refractivity contribution in [2.45, 2.75) is 0 Å². The lowest BCUT2D eigenvalue weighted by Crippen LogP contribution is -2.26. The summed E-state index contributed by atoms with van der Waals surface area (Å²) in [4.78, 5) is 5.10. The van der Waals surface area contributed by atoms with Crippen LogP contribution in [0.1, 0.15) is 0 Å². The summed E-state index contributed by atoms with van der Waals surface area (Å²) in [5.41, 5.74) is 0. The van der Waals surface area contributed by atoms with Gasteiger partial charge in [0, 0.05) is 16.4 Å². The molecule has 13 heavy (non-hydrogen) atoms. The van der Waals surface area contributed by atoms with Gasteiger partial charge >= 0.3 is 7.12 Å². The Morgan fingerprint density at radius 3 is 2.69 bits per heavy atom. The van der Waals surface area contributed by atoms with Gasteiger partial charge in [-0.05, 0) is 6.07 Å². The van der Waals surface area contributed by atoms with Crippen LogP contribution in [0.25, 0.3) is 9.88 Å². The lowest BCUT2D eigenvalue weighted by atomic mass is 9.90. The van der Waals surface area contributed by atoms with E-state index in [-0.39, 0.29) is 0 Å². The van der Waals surface area contributed by atoms with Gasteiger partial charge in [-0.15, -0.1) is 22.7 Å². The highest BCUT2D eigenvalue weighted by Gasteiger charge is 2.14. The van der Waals surface area contributed by atoms with Crippen molar-refractivity contribution in [2.24, 2.45) is 0 Å². The van der Waals surface area contributed by atoms with Crippen LogP contribution >= 0.6 is 22.7 Å². The summed E-state index contributed by atoms with van der Waals surface area (Å²) >= 11 is 2.88. The van der Waals surface area contributed by atoms with Gasteiger partial charge < -0.3 is 10.0 Å². The molecular weight excluding hydrogens is 205 g/mol. The Kier molecular flexibility index (Phi) is 2.46. The monoisotopic (exact) mass is 211 g/mol.